The molecule has 0 aliphatic carbocycles. The molecule has 28 heavy (non-hydrogen) atoms. The summed E-state index contributed by atoms with van der Waals surface area (Å²) >= 11 is 1.58. The van der Waals surface area contributed by atoms with Crippen LogP contribution in [0.2, 0.25) is 0 Å². The highest BCUT2D eigenvalue weighted by Crippen LogP contribution is 2.25. The highest BCUT2D eigenvalue weighted by Gasteiger charge is 2.27. The van der Waals surface area contributed by atoms with E-state index in [1.54, 1.807) is 23.5 Å². The van der Waals surface area contributed by atoms with Crippen molar-refractivity contribution in [2.45, 2.75) is 32.4 Å². The number of halogens is 1. The number of nitrogens with zero attached hydrogens (tertiary/aromatic N) is 4. The average molecular weight is 398 g/mol. The molecule has 2 aromatic heterocycles. The molecule has 1 aromatic carbocycles. The van der Waals surface area contributed by atoms with Gasteiger partial charge in [0.05, 0.1) is 5.69 Å². The molecule has 1 fully saturated rings. The monoisotopic (exact) mass is 397 g/mol. The Morgan fingerprint density at radius 3 is 2.79 bits per heavy atom. The number of anilines is 1. The van der Waals surface area contributed by atoms with Crippen LogP contribution in [0.4, 0.5) is 9.52 Å². The number of rotatable bonds is 6. The van der Waals surface area contributed by atoms with Gasteiger partial charge >= 0.3 is 0 Å². The Bertz CT molecular complexity index is 883. The van der Waals surface area contributed by atoms with Gasteiger partial charge in [0.15, 0.2) is 0 Å². The van der Waals surface area contributed by atoms with Gasteiger partial charge in [-0.1, -0.05) is 36.5 Å². The van der Waals surface area contributed by atoms with E-state index in [2.05, 4.69) is 38.4 Å². The summed E-state index contributed by atoms with van der Waals surface area (Å²) in [6.45, 7) is 5.26. The summed E-state index contributed by atoms with van der Waals surface area (Å²) in [5, 5.41) is 14.0. The number of benzene rings is 1. The van der Waals surface area contributed by atoms with Crippen molar-refractivity contribution in [1.82, 2.24) is 20.1 Å². The Balaban J connectivity index is 1.30. The summed E-state index contributed by atoms with van der Waals surface area (Å²) in [6, 6.07) is 13.0. The van der Waals surface area contributed by atoms with Crippen molar-refractivity contribution in [1.29, 1.82) is 0 Å². The van der Waals surface area contributed by atoms with Crippen molar-refractivity contribution in [2.75, 3.05) is 18.4 Å². The summed E-state index contributed by atoms with van der Waals surface area (Å²) in [5.41, 5.74) is 2.16. The van der Waals surface area contributed by atoms with Gasteiger partial charge < -0.3 is 5.32 Å². The highest BCUT2D eigenvalue weighted by molar-refractivity contribution is 7.15. The standard InChI is InChI=1S/C21H24FN5S/c1-15-13-27(14-18-4-2-3-10-23-18)11-9-19(15)24-21-26-25-20(28-21)12-16-5-7-17(22)8-6-16/h2-8,10,15,19H,9,11-14H2,1H3,(H,24,26). The lowest BCUT2D eigenvalue weighted by atomic mass is 9.94. The van der Waals surface area contributed by atoms with Crippen LogP contribution in [0.25, 0.3) is 0 Å². The summed E-state index contributed by atoms with van der Waals surface area (Å²) in [4.78, 5) is 6.90. The molecule has 0 bridgehead atoms. The van der Waals surface area contributed by atoms with Gasteiger partial charge in [-0.15, -0.1) is 10.2 Å². The van der Waals surface area contributed by atoms with Gasteiger partial charge in [-0.05, 0) is 42.2 Å². The van der Waals surface area contributed by atoms with Crippen LogP contribution in [-0.2, 0) is 13.0 Å². The van der Waals surface area contributed by atoms with E-state index < -0.39 is 0 Å². The Kier molecular flexibility index (Phi) is 5.92. The third-order valence-electron chi connectivity index (χ3n) is 5.15. The van der Waals surface area contributed by atoms with Crippen LogP contribution in [0.5, 0.6) is 0 Å². The predicted octanol–water partition coefficient (Wildman–Crippen LogP) is 3.99. The lowest BCUT2D eigenvalue weighted by molar-refractivity contribution is 0.163. The van der Waals surface area contributed by atoms with E-state index in [1.165, 1.54) is 12.1 Å². The third kappa shape index (κ3) is 4.91. The van der Waals surface area contributed by atoms with Crippen molar-refractivity contribution in [3.8, 4) is 0 Å². The van der Waals surface area contributed by atoms with Crippen molar-refractivity contribution < 1.29 is 4.39 Å². The normalized spacial score (nSPS) is 20.2. The molecule has 5 nitrogen and oxygen atoms in total. The van der Waals surface area contributed by atoms with Crippen LogP contribution in [0.15, 0.2) is 48.7 Å². The van der Waals surface area contributed by atoms with Crippen molar-refractivity contribution >= 4 is 16.5 Å². The number of piperidine rings is 1. The largest absolute Gasteiger partial charge is 0.357 e. The zero-order valence-electron chi connectivity index (χ0n) is 15.9. The maximum atomic E-state index is 13.0. The number of hydrogen-bond donors (Lipinski definition) is 1. The highest BCUT2D eigenvalue weighted by atomic mass is 32.1. The molecule has 1 N–H and O–H groups in total. The SMILES string of the molecule is CC1CN(Cc2ccccn2)CCC1Nc1nnc(Cc2ccc(F)cc2)s1. The molecule has 2 atom stereocenters. The van der Waals surface area contributed by atoms with Crippen LogP contribution in [0.3, 0.4) is 0 Å². The number of pyridine rings is 1. The number of nitrogens with one attached hydrogen (secondary N) is 1. The zero-order valence-corrected chi connectivity index (χ0v) is 16.7. The van der Waals surface area contributed by atoms with Gasteiger partial charge in [0.25, 0.3) is 0 Å². The molecule has 1 aliphatic heterocycles. The van der Waals surface area contributed by atoms with Crippen LogP contribution in [-0.4, -0.2) is 39.2 Å². The minimum absolute atomic E-state index is 0.216. The summed E-state index contributed by atoms with van der Waals surface area (Å²) in [7, 11) is 0. The van der Waals surface area contributed by atoms with E-state index in [4.69, 9.17) is 0 Å². The molecule has 7 heteroatoms. The second kappa shape index (κ2) is 8.75. The molecule has 4 rings (SSSR count). The third-order valence-corrected chi connectivity index (χ3v) is 6.00. The molecule has 1 saturated heterocycles. The van der Waals surface area contributed by atoms with Crippen LogP contribution >= 0.6 is 11.3 Å². The topological polar surface area (TPSA) is 53.9 Å². The fourth-order valence-corrected chi connectivity index (χ4v) is 4.47. The van der Waals surface area contributed by atoms with Crippen molar-refractivity contribution in [3.63, 3.8) is 0 Å². The van der Waals surface area contributed by atoms with Gasteiger partial charge in [0.2, 0.25) is 5.13 Å². The van der Waals surface area contributed by atoms with Gasteiger partial charge in [0.1, 0.15) is 10.8 Å². The van der Waals surface area contributed by atoms with E-state index in [9.17, 15) is 4.39 Å². The minimum atomic E-state index is -0.216. The zero-order chi connectivity index (χ0) is 19.3. The van der Waals surface area contributed by atoms with E-state index >= 15 is 0 Å². The van der Waals surface area contributed by atoms with Gasteiger partial charge in [-0.2, -0.15) is 0 Å². The lowest BCUT2D eigenvalue weighted by Gasteiger charge is -2.37. The molecule has 3 aromatic rings. The summed E-state index contributed by atoms with van der Waals surface area (Å²) in [6.07, 6.45) is 3.60. The maximum Gasteiger partial charge on any atom is 0.205 e. The van der Waals surface area contributed by atoms with Gasteiger partial charge in [-0.25, -0.2) is 4.39 Å². The first-order chi connectivity index (χ1) is 13.7. The molecule has 2 unspecified atom stereocenters. The minimum Gasteiger partial charge on any atom is -0.357 e. The van der Waals surface area contributed by atoms with E-state index in [0.717, 1.165) is 47.5 Å². The molecule has 1 aliphatic rings. The second-order valence-corrected chi connectivity index (χ2v) is 8.44. The van der Waals surface area contributed by atoms with Gasteiger partial charge in [-0.3, -0.25) is 9.88 Å². The molecule has 0 spiro atoms. The average Bonchev–Trinajstić information content (AvgIpc) is 3.14. The number of hydrogen-bond acceptors (Lipinski definition) is 6. The van der Waals surface area contributed by atoms with E-state index in [1.807, 2.05) is 18.3 Å². The molecule has 0 saturated carbocycles. The number of aromatic nitrogens is 3. The maximum absolute atomic E-state index is 13.0. The van der Waals surface area contributed by atoms with E-state index in [0.29, 0.717) is 18.4 Å². The number of likely N-dealkylation sites (tertiary alicyclic amines) is 1. The molecular formula is C21H24FN5S. The summed E-state index contributed by atoms with van der Waals surface area (Å²) < 4.78 is 13.0. The Morgan fingerprint density at radius 2 is 2.04 bits per heavy atom. The van der Waals surface area contributed by atoms with E-state index in [-0.39, 0.29) is 5.82 Å². The summed E-state index contributed by atoms with van der Waals surface area (Å²) in [5.74, 6) is 0.300. The fourth-order valence-electron chi connectivity index (χ4n) is 3.63. The Labute approximate surface area is 168 Å². The fraction of sp³-hybridized carbons (Fsp3) is 0.381. The van der Waals surface area contributed by atoms with Gasteiger partial charge in [0, 0.05) is 38.3 Å². The van der Waals surface area contributed by atoms with Crippen LogP contribution in [0, 0.1) is 11.7 Å². The molecule has 0 amide bonds. The van der Waals surface area contributed by atoms with Crippen molar-refractivity contribution in [2.24, 2.45) is 5.92 Å². The molecule has 0 radical (unpaired) electrons. The molecular weight excluding hydrogens is 373 g/mol. The molecule has 146 valence electrons. The predicted molar refractivity (Wildman–Crippen MR) is 110 cm³/mol. The first-order valence-electron chi connectivity index (χ1n) is 9.61. The Hall–Kier alpha value is -2.38. The second-order valence-electron chi connectivity index (χ2n) is 7.38. The van der Waals surface area contributed by atoms with Crippen LogP contribution in [0.1, 0.15) is 29.6 Å². The first-order valence-corrected chi connectivity index (χ1v) is 10.4. The Morgan fingerprint density at radius 1 is 1.18 bits per heavy atom. The van der Waals surface area contributed by atoms with Crippen molar-refractivity contribution in [3.05, 3.63) is 70.7 Å². The first kappa shape index (κ1) is 19.0. The lowest BCUT2D eigenvalue weighted by Crippen LogP contribution is -2.44. The van der Waals surface area contributed by atoms with Crippen LogP contribution < -0.4 is 5.32 Å². The quantitative estimate of drug-likeness (QED) is 0.682. The molecule has 3 heterocycles. The smallest absolute Gasteiger partial charge is 0.205 e.